The third-order valence-corrected chi connectivity index (χ3v) is 14.1. The molecule has 4 heteroatoms. The standard InChI is InChI=1S/C58H35N3S/c1-2-15-37(16-3-1)55-59-56(38-33-31-36(32-34-38)41-23-14-30-52-53(41)47-22-7-11-29-51(47)62-52)61-57(60-55)40-18-12-17-39(35-40)42-24-13-25-46-45-21-6-10-28-50(45)58(54(42)46)48-26-8-4-19-43(48)44-20-5-9-27-49(44)58/h1-35H. The Labute approximate surface area is 363 Å². The Kier molecular flexibility index (Phi) is 7.69. The highest BCUT2D eigenvalue weighted by molar-refractivity contribution is 7.25. The first-order valence-corrected chi connectivity index (χ1v) is 21.9. The van der Waals surface area contributed by atoms with Gasteiger partial charge in [-0.2, -0.15) is 0 Å². The van der Waals surface area contributed by atoms with Gasteiger partial charge in [-0.25, -0.2) is 15.0 Å². The minimum Gasteiger partial charge on any atom is -0.208 e. The monoisotopic (exact) mass is 805 g/mol. The van der Waals surface area contributed by atoms with Gasteiger partial charge < -0.3 is 0 Å². The Morgan fingerprint density at radius 2 is 0.758 bits per heavy atom. The maximum absolute atomic E-state index is 5.23. The van der Waals surface area contributed by atoms with Crippen LogP contribution in [-0.2, 0) is 5.41 Å². The van der Waals surface area contributed by atoms with Gasteiger partial charge in [-0.1, -0.05) is 194 Å². The molecule has 0 unspecified atom stereocenters. The normalized spacial score (nSPS) is 13.0. The molecule has 3 nitrogen and oxygen atoms in total. The summed E-state index contributed by atoms with van der Waals surface area (Å²) in [7, 11) is 0. The van der Waals surface area contributed by atoms with Crippen LogP contribution >= 0.6 is 11.3 Å². The molecule has 2 aliphatic rings. The fourth-order valence-corrected chi connectivity index (χ4v) is 11.5. The zero-order valence-electron chi connectivity index (χ0n) is 33.5. The van der Waals surface area contributed by atoms with E-state index in [1.807, 2.05) is 29.5 Å². The Balaban J connectivity index is 0.963. The lowest BCUT2D eigenvalue weighted by molar-refractivity contribution is 0.796. The van der Waals surface area contributed by atoms with Gasteiger partial charge in [-0.15, -0.1) is 11.3 Å². The lowest BCUT2D eigenvalue weighted by Crippen LogP contribution is -2.26. The number of hydrogen-bond acceptors (Lipinski definition) is 4. The van der Waals surface area contributed by atoms with Crippen molar-refractivity contribution in [1.29, 1.82) is 0 Å². The van der Waals surface area contributed by atoms with Crippen LogP contribution in [0.3, 0.4) is 0 Å². The number of benzene rings is 9. The van der Waals surface area contributed by atoms with Crippen molar-refractivity contribution in [2.45, 2.75) is 5.41 Å². The molecule has 11 aromatic rings. The summed E-state index contributed by atoms with van der Waals surface area (Å²) in [5, 5.41) is 2.59. The van der Waals surface area contributed by atoms with Crippen LogP contribution in [0, 0.1) is 0 Å². The predicted molar refractivity (Wildman–Crippen MR) is 256 cm³/mol. The molecular weight excluding hydrogens is 771 g/mol. The number of nitrogens with zero attached hydrogens (tertiary/aromatic N) is 3. The molecule has 0 radical (unpaired) electrons. The summed E-state index contributed by atoms with van der Waals surface area (Å²) in [6.45, 7) is 0. The molecule has 2 aromatic heterocycles. The largest absolute Gasteiger partial charge is 0.208 e. The van der Waals surface area contributed by atoms with Crippen LogP contribution in [0.1, 0.15) is 22.3 Å². The maximum atomic E-state index is 5.23. The van der Waals surface area contributed by atoms with E-state index in [4.69, 9.17) is 15.0 Å². The number of thiophene rings is 1. The van der Waals surface area contributed by atoms with Gasteiger partial charge in [0.15, 0.2) is 17.5 Å². The second kappa shape index (κ2) is 13.6. The van der Waals surface area contributed by atoms with Crippen LogP contribution < -0.4 is 0 Å². The van der Waals surface area contributed by atoms with Crippen molar-refractivity contribution in [3.8, 4) is 78.7 Å². The summed E-state index contributed by atoms with van der Waals surface area (Å²) < 4.78 is 2.60. The summed E-state index contributed by atoms with van der Waals surface area (Å²) in [5.74, 6) is 1.92. The summed E-state index contributed by atoms with van der Waals surface area (Å²) in [6.07, 6.45) is 0. The van der Waals surface area contributed by atoms with Crippen molar-refractivity contribution in [1.82, 2.24) is 15.0 Å². The first kappa shape index (κ1) is 35.0. The molecule has 0 saturated carbocycles. The van der Waals surface area contributed by atoms with Crippen molar-refractivity contribution in [3.05, 3.63) is 235 Å². The quantitative estimate of drug-likeness (QED) is 0.174. The van der Waals surface area contributed by atoms with Gasteiger partial charge in [-0.3, -0.25) is 0 Å². The van der Waals surface area contributed by atoms with Crippen LogP contribution in [0.15, 0.2) is 212 Å². The number of rotatable bonds is 5. The van der Waals surface area contributed by atoms with Gasteiger partial charge >= 0.3 is 0 Å². The van der Waals surface area contributed by atoms with Gasteiger partial charge in [-0.05, 0) is 85.0 Å². The van der Waals surface area contributed by atoms with E-state index in [2.05, 4.69) is 194 Å². The van der Waals surface area contributed by atoms with Crippen molar-refractivity contribution in [2.24, 2.45) is 0 Å². The maximum Gasteiger partial charge on any atom is 0.164 e. The van der Waals surface area contributed by atoms with Crippen LogP contribution in [0.25, 0.3) is 98.8 Å². The van der Waals surface area contributed by atoms with Crippen LogP contribution in [0.4, 0.5) is 0 Å². The summed E-state index contributed by atoms with van der Waals surface area (Å²) in [6, 6.07) is 76.7. The average molecular weight is 806 g/mol. The van der Waals surface area contributed by atoms with E-state index < -0.39 is 5.41 Å². The molecule has 1 spiro atoms. The van der Waals surface area contributed by atoms with Crippen molar-refractivity contribution < 1.29 is 0 Å². The topological polar surface area (TPSA) is 38.7 Å². The summed E-state index contributed by atoms with van der Waals surface area (Å²) >= 11 is 1.84. The molecule has 0 fully saturated rings. The number of aromatic nitrogens is 3. The van der Waals surface area contributed by atoms with Gasteiger partial charge in [0, 0.05) is 36.9 Å². The molecule has 0 atom stereocenters. The summed E-state index contributed by atoms with van der Waals surface area (Å²) in [5.41, 5.74) is 17.5. The Bertz CT molecular complexity index is 3520. The lowest BCUT2D eigenvalue weighted by atomic mass is 9.68. The zero-order valence-corrected chi connectivity index (χ0v) is 34.3. The molecule has 62 heavy (non-hydrogen) atoms. The van der Waals surface area contributed by atoms with E-state index in [-0.39, 0.29) is 0 Å². The lowest BCUT2D eigenvalue weighted by Gasteiger charge is -2.32. The van der Waals surface area contributed by atoms with E-state index >= 15 is 0 Å². The molecule has 288 valence electrons. The fraction of sp³-hybridized carbons (Fsp3) is 0.0172. The van der Waals surface area contributed by atoms with Crippen LogP contribution in [-0.4, -0.2) is 15.0 Å². The van der Waals surface area contributed by atoms with E-state index in [1.54, 1.807) is 0 Å². The Morgan fingerprint density at radius 3 is 1.47 bits per heavy atom. The van der Waals surface area contributed by atoms with Crippen LogP contribution in [0.2, 0.25) is 0 Å². The fourth-order valence-electron chi connectivity index (χ4n) is 10.4. The van der Waals surface area contributed by atoms with Gasteiger partial charge in [0.1, 0.15) is 0 Å². The predicted octanol–water partition coefficient (Wildman–Crippen LogP) is 14.9. The molecule has 0 bridgehead atoms. The van der Waals surface area contributed by atoms with E-state index in [0.29, 0.717) is 17.5 Å². The highest BCUT2D eigenvalue weighted by Gasteiger charge is 2.52. The van der Waals surface area contributed by atoms with Gasteiger partial charge in [0.2, 0.25) is 0 Å². The van der Waals surface area contributed by atoms with E-state index in [9.17, 15) is 0 Å². The number of fused-ring (bicyclic) bond motifs is 13. The molecule has 13 rings (SSSR count). The summed E-state index contributed by atoms with van der Waals surface area (Å²) in [4.78, 5) is 15.5. The number of hydrogen-bond donors (Lipinski definition) is 0. The third-order valence-electron chi connectivity index (χ3n) is 13.0. The third kappa shape index (κ3) is 5.08. The van der Waals surface area contributed by atoms with Crippen LogP contribution in [0.5, 0.6) is 0 Å². The van der Waals surface area contributed by atoms with Gasteiger partial charge in [0.25, 0.3) is 0 Å². The van der Waals surface area contributed by atoms with Gasteiger partial charge in [0.05, 0.1) is 5.41 Å². The molecule has 0 amide bonds. The molecule has 9 aromatic carbocycles. The molecule has 2 aliphatic carbocycles. The minimum absolute atomic E-state index is 0.458. The molecule has 0 aliphatic heterocycles. The van der Waals surface area contributed by atoms with Crippen molar-refractivity contribution >= 4 is 31.5 Å². The van der Waals surface area contributed by atoms with Crippen molar-refractivity contribution in [2.75, 3.05) is 0 Å². The van der Waals surface area contributed by atoms with Crippen molar-refractivity contribution in [3.63, 3.8) is 0 Å². The molecule has 2 heterocycles. The Morgan fingerprint density at radius 1 is 0.306 bits per heavy atom. The second-order valence-electron chi connectivity index (χ2n) is 16.2. The molecule has 0 N–H and O–H groups in total. The SMILES string of the molecule is c1ccc(-c2nc(-c3ccc(-c4cccc5sc6ccccc6c45)cc3)nc(-c3cccc(-c4cccc5c4C4(c6ccccc6-c6ccccc64)c4ccccc4-5)c3)n2)cc1. The first-order valence-electron chi connectivity index (χ1n) is 21.1. The zero-order chi connectivity index (χ0) is 40.8. The molecular formula is C58H35N3S. The van der Waals surface area contributed by atoms with E-state index in [0.717, 1.165) is 27.8 Å². The smallest absolute Gasteiger partial charge is 0.164 e. The second-order valence-corrected chi connectivity index (χ2v) is 17.3. The molecule has 0 saturated heterocycles. The highest BCUT2D eigenvalue weighted by atomic mass is 32.1. The average Bonchev–Trinajstić information content (AvgIpc) is 3.99. The van der Waals surface area contributed by atoms with E-state index in [1.165, 1.54) is 75.8 Å². The first-order chi connectivity index (χ1) is 30.7. The minimum atomic E-state index is -0.458. The highest BCUT2D eigenvalue weighted by Crippen LogP contribution is 2.64. The Hall–Kier alpha value is -7.79.